The molecule has 1 aliphatic carbocycles. The van der Waals surface area contributed by atoms with Gasteiger partial charge in [-0.3, -0.25) is 14.4 Å². The third kappa shape index (κ3) is 6.24. The van der Waals surface area contributed by atoms with Gasteiger partial charge >= 0.3 is 0 Å². The van der Waals surface area contributed by atoms with E-state index in [2.05, 4.69) is 20.6 Å². The number of fused-ring (bicyclic) bond motifs is 3. The number of aromatic nitrogens is 6. The molecule has 254 valence electrons. The number of amides is 2. The van der Waals surface area contributed by atoms with E-state index in [9.17, 15) is 14.4 Å². The first-order valence-electron chi connectivity index (χ1n) is 16.6. The summed E-state index contributed by atoms with van der Waals surface area (Å²) in [5.41, 5.74) is 2.97. The minimum atomic E-state index is -0.958. The van der Waals surface area contributed by atoms with E-state index in [0.717, 1.165) is 18.4 Å². The maximum atomic E-state index is 14.4. The highest BCUT2D eigenvalue weighted by Crippen LogP contribution is 2.42. The number of likely N-dealkylation sites (tertiary alicyclic amines) is 1. The summed E-state index contributed by atoms with van der Waals surface area (Å²) in [6, 6.07) is 9.06. The average Bonchev–Trinajstić information content (AvgIpc) is 3.86. The van der Waals surface area contributed by atoms with Crippen LogP contribution < -0.4 is 10.9 Å². The smallest absolute Gasteiger partial charge is 0.282 e. The molecule has 1 spiro atoms. The van der Waals surface area contributed by atoms with Gasteiger partial charge in [0, 0.05) is 25.2 Å². The van der Waals surface area contributed by atoms with E-state index in [1.54, 1.807) is 21.6 Å². The summed E-state index contributed by atoms with van der Waals surface area (Å²) < 4.78 is 15.0. The Labute approximate surface area is 291 Å². The van der Waals surface area contributed by atoms with Crippen LogP contribution in [-0.4, -0.2) is 79.0 Å². The van der Waals surface area contributed by atoms with Gasteiger partial charge in [-0.05, 0) is 73.4 Å². The van der Waals surface area contributed by atoms with Crippen LogP contribution in [0.3, 0.4) is 0 Å². The van der Waals surface area contributed by atoms with Crippen LogP contribution in [0.15, 0.2) is 41.2 Å². The van der Waals surface area contributed by atoms with Gasteiger partial charge in [-0.1, -0.05) is 35.3 Å². The lowest BCUT2D eigenvalue weighted by molar-refractivity contribution is -0.140. The molecule has 2 amide bonds. The fourth-order valence-electron chi connectivity index (χ4n) is 7.12. The molecule has 6 heterocycles. The second-order valence-electron chi connectivity index (χ2n) is 13.0. The highest BCUT2D eigenvalue weighted by molar-refractivity contribution is 6.33. The number of rotatable bonds is 7. The highest BCUT2D eigenvalue weighted by atomic mass is 35.5. The molecule has 13 nitrogen and oxygen atoms in total. The van der Waals surface area contributed by atoms with Crippen molar-refractivity contribution in [2.75, 3.05) is 38.2 Å². The van der Waals surface area contributed by atoms with E-state index in [-0.39, 0.29) is 41.3 Å². The number of anilines is 1. The van der Waals surface area contributed by atoms with E-state index in [0.29, 0.717) is 98.0 Å². The molecule has 3 aliphatic heterocycles. The number of hydrogen-bond acceptors (Lipinski definition) is 9. The maximum absolute atomic E-state index is 14.4. The van der Waals surface area contributed by atoms with Gasteiger partial charge in [0.25, 0.3) is 5.56 Å². The molecule has 1 aromatic carbocycles. The van der Waals surface area contributed by atoms with Crippen molar-refractivity contribution in [1.29, 1.82) is 0 Å². The number of nitrogens with one attached hydrogen (secondary N) is 1. The summed E-state index contributed by atoms with van der Waals surface area (Å²) in [6.07, 6.45) is 6.13. The molecule has 2 fully saturated rings. The zero-order valence-corrected chi connectivity index (χ0v) is 28.2. The van der Waals surface area contributed by atoms with Crippen LogP contribution in [0.1, 0.15) is 66.4 Å². The Morgan fingerprint density at radius 3 is 2.59 bits per heavy atom. The number of halogens is 2. The summed E-state index contributed by atoms with van der Waals surface area (Å²) in [4.78, 5) is 47.8. The Morgan fingerprint density at radius 2 is 1.88 bits per heavy atom. The van der Waals surface area contributed by atoms with Gasteiger partial charge in [0.05, 0.1) is 48.2 Å². The zero-order valence-electron chi connectivity index (χ0n) is 26.7. The molecule has 4 aromatic rings. The molecule has 0 radical (unpaired) electrons. The number of carbonyl (C=O) groups is 2. The first-order chi connectivity index (χ1) is 23.8. The van der Waals surface area contributed by atoms with Crippen molar-refractivity contribution in [3.05, 3.63) is 85.3 Å². The van der Waals surface area contributed by atoms with Crippen molar-refractivity contribution in [2.45, 2.75) is 63.0 Å². The number of nitrogens with zero attached hydrogens (tertiary/aromatic N) is 7. The van der Waals surface area contributed by atoms with Crippen molar-refractivity contribution in [3.63, 3.8) is 0 Å². The number of carbonyl (C=O) groups excluding carboxylic acids is 2. The monoisotopic (exact) mass is 704 g/mol. The van der Waals surface area contributed by atoms with Crippen LogP contribution in [0.4, 0.5) is 5.69 Å². The first kappa shape index (κ1) is 32.1. The van der Waals surface area contributed by atoms with Crippen molar-refractivity contribution in [3.8, 4) is 0 Å². The third-order valence-corrected chi connectivity index (χ3v) is 10.4. The van der Waals surface area contributed by atoms with E-state index in [4.69, 9.17) is 37.7 Å². The van der Waals surface area contributed by atoms with Crippen LogP contribution in [0.2, 0.25) is 10.2 Å². The zero-order chi connectivity index (χ0) is 33.7. The molecule has 1 N–H and O–H groups in total. The summed E-state index contributed by atoms with van der Waals surface area (Å²) in [5.74, 6) is 0.839. The summed E-state index contributed by atoms with van der Waals surface area (Å²) in [6.45, 7) is 1.95. The van der Waals surface area contributed by atoms with Crippen molar-refractivity contribution in [1.82, 2.24) is 34.3 Å². The lowest BCUT2D eigenvalue weighted by Crippen LogP contribution is -2.52. The second kappa shape index (κ2) is 12.9. The normalized spacial score (nSPS) is 18.7. The van der Waals surface area contributed by atoms with Gasteiger partial charge in [-0.15, -0.1) is 10.2 Å². The maximum Gasteiger partial charge on any atom is 0.282 e. The Bertz CT molecular complexity index is 2050. The molecule has 49 heavy (non-hydrogen) atoms. The summed E-state index contributed by atoms with van der Waals surface area (Å²) in [7, 11) is 0. The van der Waals surface area contributed by atoms with Gasteiger partial charge in [-0.25, -0.2) is 0 Å². The highest BCUT2D eigenvalue weighted by Gasteiger charge is 2.46. The van der Waals surface area contributed by atoms with Gasteiger partial charge in [0.2, 0.25) is 17.6 Å². The van der Waals surface area contributed by atoms with E-state index >= 15 is 0 Å². The minimum absolute atomic E-state index is 0.0904. The molecule has 1 saturated carbocycles. The first-order valence-corrected chi connectivity index (χ1v) is 17.3. The number of benzene rings is 1. The lowest BCUT2D eigenvalue weighted by Gasteiger charge is -2.44. The van der Waals surface area contributed by atoms with Crippen molar-refractivity contribution in [2.24, 2.45) is 0 Å². The minimum Gasteiger partial charge on any atom is -0.377 e. The molecule has 3 aromatic heterocycles. The van der Waals surface area contributed by atoms with Crippen molar-refractivity contribution >= 4 is 52.1 Å². The average molecular weight is 706 g/mol. The molecular weight excluding hydrogens is 671 g/mol. The lowest BCUT2D eigenvalue weighted by atomic mass is 9.81. The predicted molar refractivity (Wildman–Crippen MR) is 181 cm³/mol. The number of hydrogen-bond donors (Lipinski definition) is 1. The second-order valence-corrected chi connectivity index (χ2v) is 13.8. The van der Waals surface area contributed by atoms with Gasteiger partial charge in [0.1, 0.15) is 12.1 Å². The van der Waals surface area contributed by atoms with Gasteiger partial charge < -0.3 is 24.3 Å². The van der Waals surface area contributed by atoms with Crippen molar-refractivity contribution < 1.29 is 19.1 Å². The molecule has 4 aliphatic rings. The predicted octanol–water partition coefficient (Wildman–Crippen LogP) is 3.94. The number of ether oxygens (including phenoxy) is 2. The topological polar surface area (TPSA) is 146 Å². The van der Waals surface area contributed by atoms with Crippen LogP contribution in [0.5, 0.6) is 0 Å². The largest absolute Gasteiger partial charge is 0.377 e. The van der Waals surface area contributed by atoms with Crippen LogP contribution in [0, 0.1) is 0 Å². The van der Waals surface area contributed by atoms with Crippen LogP contribution in [0.25, 0.3) is 11.4 Å². The Hall–Kier alpha value is -4.17. The van der Waals surface area contributed by atoms with Crippen LogP contribution in [-0.2, 0) is 44.1 Å². The van der Waals surface area contributed by atoms with Gasteiger partial charge in [-0.2, -0.15) is 14.6 Å². The number of piperidine rings is 1. The standard InChI is InChI=1S/C34H34Cl2N8O5/c35-24-17-22(20-1-2-20)3-5-25(24)37-28(45)19-43-26-9-16-49-34(10-12-42(13-11-34)29(46)18-23-4-6-27(36)40-39-23)30(26)32(47)44-33(43)38-31(41-44)21-7-14-48-15-8-21/h3-7,17,20H,1-2,8-16,18-19H2,(H,37,45). The Balaban J connectivity index is 1.12. The molecule has 8 rings (SSSR count). The fraction of sp³-hybridized carbons (Fsp3) is 0.441. The third-order valence-electron chi connectivity index (χ3n) is 9.84. The summed E-state index contributed by atoms with van der Waals surface area (Å²) >= 11 is 12.4. The SMILES string of the molecule is O=C(Cn1c2c(c(=O)n3nc(C4=CCOCC4)nc13)C1(CCN(C(=O)Cc3ccc(Cl)nn3)CC1)OCC2)Nc1ccc(C2CC2)cc1Cl. The molecule has 0 atom stereocenters. The van der Waals surface area contributed by atoms with Gasteiger partial charge in [0.15, 0.2) is 11.0 Å². The molecule has 0 bridgehead atoms. The quantitative estimate of drug-likeness (QED) is 0.302. The fourth-order valence-corrected chi connectivity index (χ4v) is 7.46. The van der Waals surface area contributed by atoms with E-state index in [1.807, 2.05) is 24.3 Å². The van der Waals surface area contributed by atoms with E-state index in [1.165, 1.54) is 10.1 Å². The summed E-state index contributed by atoms with van der Waals surface area (Å²) in [5, 5.41) is 16.2. The molecular formula is C34H34Cl2N8O5. The molecule has 1 saturated heterocycles. The van der Waals surface area contributed by atoms with Crippen LogP contribution >= 0.6 is 23.2 Å². The molecule has 15 heteroatoms. The van der Waals surface area contributed by atoms with E-state index < -0.39 is 5.60 Å². The Kier molecular flexibility index (Phi) is 8.47. The Morgan fingerprint density at radius 1 is 1.04 bits per heavy atom. The molecule has 0 unspecified atom stereocenters.